The number of benzene rings is 1. The number of anilines is 1. The molecule has 0 aliphatic carbocycles. The van der Waals surface area contributed by atoms with E-state index in [-0.39, 0.29) is 12.5 Å². The molecule has 0 spiro atoms. The van der Waals surface area contributed by atoms with Crippen molar-refractivity contribution in [3.05, 3.63) is 47.7 Å². The van der Waals surface area contributed by atoms with E-state index in [4.69, 9.17) is 0 Å². The zero-order valence-corrected chi connectivity index (χ0v) is 12.2. The van der Waals surface area contributed by atoms with Crippen LogP contribution in [-0.2, 0) is 11.3 Å². The lowest BCUT2D eigenvalue weighted by molar-refractivity contribution is -0.117. The second-order valence-corrected chi connectivity index (χ2v) is 5.34. The molecule has 0 fully saturated rings. The van der Waals surface area contributed by atoms with Gasteiger partial charge in [0.1, 0.15) is 11.6 Å². The summed E-state index contributed by atoms with van der Waals surface area (Å²) in [6.07, 6.45) is 3.08. The molecule has 2 heterocycles. The third-order valence-corrected chi connectivity index (χ3v) is 3.80. The second kappa shape index (κ2) is 5.84. The van der Waals surface area contributed by atoms with Gasteiger partial charge in [-0.05, 0) is 31.2 Å². The fourth-order valence-electron chi connectivity index (χ4n) is 1.84. The quantitative estimate of drug-likeness (QED) is 0.802. The number of carbonyl (C=O) groups is 1. The zero-order chi connectivity index (χ0) is 14.7. The fraction of sp³-hybridized carbons (Fsp3) is 0.143. The molecule has 2 aromatic heterocycles. The topological polar surface area (TPSA) is 72.7 Å². The first-order valence-corrected chi connectivity index (χ1v) is 7.25. The predicted octanol–water partition coefficient (Wildman–Crippen LogP) is 2.35. The predicted molar refractivity (Wildman–Crippen MR) is 80.9 cm³/mol. The summed E-state index contributed by atoms with van der Waals surface area (Å²) in [7, 11) is 0. The number of aryl methyl sites for hydroxylation is 1. The standard InChI is InChI=1S/C14H13N5OS/c1-10-9-21-14(17-10)11-2-4-12(5-3-11)18-13(20)8-19-15-6-7-16-19/h2-7,9H,8H2,1H3,(H,18,20). The van der Waals surface area contributed by atoms with Gasteiger partial charge in [0, 0.05) is 22.3 Å². The van der Waals surface area contributed by atoms with Crippen LogP contribution in [-0.4, -0.2) is 25.9 Å². The highest BCUT2D eigenvalue weighted by molar-refractivity contribution is 7.13. The summed E-state index contributed by atoms with van der Waals surface area (Å²) in [5.41, 5.74) is 2.79. The van der Waals surface area contributed by atoms with Crippen LogP contribution in [0.2, 0.25) is 0 Å². The van der Waals surface area contributed by atoms with E-state index in [0.29, 0.717) is 0 Å². The molecule has 106 valence electrons. The number of thiazole rings is 1. The van der Waals surface area contributed by atoms with Gasteiger partial charge in [-0.1, -0.05) is 0 Å². The average Bonchev–Trinajstić information content (AvgIpc) is 3.11. The summed E-state index contributed by atoms with van der Waals surface area (Å²) in [6.45, 7) is 2.07. The molecule has 21 heavy (non-hydrogen) atoms. The van der Waals surface area contributed by atoms with Gasteiger partial charge in [0.05, 0.1) is 12.4 Å². The molecule has 6 nitrogen and oxygen atoms in total. The van der Waals surface area contributed by atoms with Crippen LogP contribution in [0, 0.1) is 6.92 Å². The van der Waals surface area contributed by atoms with Crippen molar-refractivity contribution in [1.29, 1.82) is 0 Å². The minimum atomic E-state index is -0.163. The van der Waals surface area contributed by atoms with E-state index in [2.05, 4.69) is 20.5 Å². The lowest BCUT2D eigenvalue weighted by atomic mass is 10.2. The van der Waals surface area contributed by atoms with E-state index in [1.807, 2.05) is 36.6 Å². The van der Waals surface area contributed by atoms with Crippen LogP contribution in [0.5, 0.6) is 0 Å². The highest BCUT2D eigenvalue weighted by atomic mass is 32.1. The van der Waals surface area contributed by atoms with E-state index >= 15 is 0 Å². The molecule has 1 amide bonds. The van der Waals surface area contributed by atoms with E-state index in [0.717, 1.165) is 22.0 Å². The molecule has 0 atom stereocenters. The van der Waals surface area contributed by atoms with Crippen LogP contribution in [0.25, 0.3) is 10.6 Å². The van der Waals surface area contributed by atoms with E-state index in [9.17, 15) is 4.79 Å². The summed E-state index contributed by atoms with van der Waals surface area (Å²) < 4.78 is 0. The Morgan fingerprint density at radius 2 is 1.95 bits per heavy atom. The van der Waals surface area contributed by atoms with Gasteiger partial charge >= 0.3 is 0 Å². The zero-order valence-electron chi connectivity index (χ0n) is 11.4. The molecule has 0 aliphatic heterocycles. The number of hydrogen-bond donors (Lipinski definition) is 1. The van der Waals surface area contributed by atoms with Gasteiger partial charge in [-0.2, -0.15) is 15.0 Å². The minimum absolute atomic E-state index is 0.0976. The summed E-state index contributed by atoms with van der Waals surface area (Å²) in [4.78, 5) is 17.6. The Balaban J connectivity index is 1.65. The maximum absolute atomic E-state index is 11.8. The molecule has 0 saturated carbocycles. The highest BCUT2D eigenvalue weighted by Crippen LogP contribution is 2.24. The Bertz CT molecular complexity index is 733. The molecular weight excluding hydrogens is 286 g/mol. The molecule has 3 rings (SSSR count). The molecule has 0 unspecified atom stereocenters. The molecule has 1 N–H and O–H groups in total. The maximum atomic E-state index is 11.8. The van der Waals surface area contributed by atoms with Crippen molar-refractivity contribution in [3.8, 4) is 10.6 Å². The number of hydrogen-bond acceptors (Lipinski definition) is 5. The SMILES string of the molecule is Cc1csc(-c2ccc(NC(=O)Cn3nccn3)cc2)n1. The van der Waals surface area contributed by atoms with Crippen LogP contribution < -0.4 is 5.32 Å². The lowest BCUT2D eigenvalue weighted by Gasteiger charge is -2.05. The van der Waals surface area contributed by atoms with Crippen molar-refractivity contribution in [2.75, 3.05) is 5.32 Å². The summed E-state index contributed by atoms with van der Waals surface area (Å²) in [5, 5.41) is 13.6. The van der Waals surface area contributed by atoms with Gasteiger partial charge in [-0.25, -0.2) is 4.98 Å². The van der Waals surface area contributed by atoms with Crippen molar-refractivity contribution >= 4 is 22.9 Å². The maximum Gasteiger partial charge on any atom is 0.247 e. The third kappa shape index (κ3) is 3.32. The number of carbonyl (C=O) groups excluding carboxylic acids is 1. The fourth-order valence-corrected chi connectivity index (χ4v) is 2.64. The van der Waals surface area contributed by atoms with Crippen LogP contribution in [0.4, 0.5) is 5.69 Å². The van der Waals surface area contributed by atoms with Crippen molar-refractivity contribution in [3.63, 3.8) is 0 Å². The van der Waals surface area contributed by atoms with Gasteiger partial charge in [0.2, 0.25) is 5.91 Å². The first-order valence-electron chi connectivity index (χ1n) is 6.37. The monoisotopic (exact) mass is 299 g/mol. The van der Waals surface area contributed by atoms with Crippen molar-refractivity contribution in [1.82, 2.24) is 20.0 Å². The Morgan fingerprint density at radius 3 is 2.57 bits per heavy atom. The summed E-state index contributed by atoms with van der Waals surface area (Å²) in [6, 6.07) is 7.61. The summed E-state index contributed by atoms with van der Waals surface area (Å²) in [5.74, 6) is -0.163. The van der Waals surface area contributed by atoms with E-state index in [1.54, 1.807) is 11.3 Å². The molecule has 0 radical (unpaired) electrons. The first-order chi connectivity index (χ1) is 10.2. The van der Waals surface area contributed by atoms with Gasteiger partial charge < -0.3 is 5.32 Å². The van der Waals surface area contributed by atoms with Crippen LogP contribution in [0.1, 0.15) is 5.69 Å². The molecule has 7 heteroatoms. The number of nitrogens with one attached hydrogen (secondary N) is 1. The number of nitrogens with zero attached hydrogens (tertiary/aromatic N) is 4. The smallest absolute Gasteiger partial charge is 0.247 e. The largest absolute Gasteiger partial charge is 0.324 e. The molecule has 1 aromatic carbocycles. The van der Waals surface area contributed by atoms with Crippen LogP contribution >= 0.6 is 11.3 Å². The van der Waals surface area contributed by atoms with Gasteiger partial charge in [0.15, 0.2) is 0 Å². The first kappa shape index (κ1) is 13.4. The lowest BCUT2D eigenvalue weighted by Crippen LogP contribution is -2.20. The third-order valence-electron chi connectivity index (χ3n) is 2.79. The number of aromatic nitrogens is 4. The Labute approximate surface area is 125 Å². The second-order valence-electron chi connectivity index (χ2n) is 4.48. The van der Waals surface area contributed by atoms with Crippen molar-refractivity contribution in [2.45, 2.75) is 13.5 Å². The van der Waals surface area contributed by atoms with E-state index < -0.39 is 0 Å². The molecule has 0 bridgehead atoms. The summed E-state index contributed by atoms with van der Waals surface area (Å²) >= 11 is 1.61. The normalized spacial score (nSPS) is 10.5. The Kier molecular flexibility index (Phi) is 3.74. The van der Waals surface area contributed by atoms with Crippen LogP contribution in [0.3, 0.4) is 0 Å². The highest BCUT2D eigenvalue weighted by Gasteiger charge is 2.06. The molecule has 0 aliphatic rings. The molecule has 0 saturated heterocycles. The van der Waals surface area contributed by atoms with Crippen LogP contribution in [0.15, 0.2) is 42.0 Å². The van der Waals surface area contributed by atoms with Gasteiger partial charge in [0.25, 0.3) is 0 Å². The number of amides is 1. The van der Waals surface area contributed by atoms with Crippen molar-refractivity contribution in [2.24, 2.45) is 0 Å². The van der Waals surface area contributed by atoms with Crippen molar-refractivity contribution < 1.29 is 4.79 Å². The minimum Gasteiger partial charge on any atom is -0.324 e. The molecule has 3 aromatic rings. The van der Waals surface area contributed by atoms with Gasteiger partial charge in [-0.3, -0.25) is 4.79 Å². The Morgan fingerprint density at radius 1 is 1.24 bits per heavy atom. The molecular formula is C14H13N5OS. The average molecular weight is 299 g/mol. The number of rotatable bonds is 4. The van der Waals surface area contributed by atoms with E-state index in [1.165, 1.54) is 17.2 Å². The van der Waals surface area contributed by atoms with Gasteiger partial charge in [-0.15, -0.1) is 11.3 Å². The Hall–Kier alpha value is -2.54.